The number of aryl methyl sites for hydroxylation is 1. The van der Waals surface area contributed by atoms with E-state index in [0.717, 1.165) is 23.5 Å². The molecule has 0 aliphatic heterocycles. The number of nitrogens with two attached hydrogens (primary N) is 1. The van der Waals surface area contributed by atoms with Crippen molar-refractivity contribution in [3.05, 3.63) is 16.1 Å². The van der Waals surface area contributed by atoms with Crippen LogP contribution in [-0.2, 0) is 11.2 Å². The number of rotatable bonds is 6. The van der Waals surface area contributed by atoms with Crippen LogP contribution in [0, 0.1) is 6.92 Å². The van der Waals surface area contributed by atoms with Crippen molar-refractivity contribution >= 4 is 11.3 Å². The highest BCUT2D eigenvalue weighted by Crippen LogP contribution is 2.19. The average molecular weight is 243 g/mol. The van der Waals surface area contributed by atoms with Crippen LogP contribution in [0.25, 0.3) is 0 Å². The molecular weight excluding hydrogens is 222 g/mol. The van der Waals surface area contributed by atoms with E-state index in [2.05, 4.69) is 29.6 Å². The Hall–Kier alpha value is -0.490. The maximum Gasteiger partial charge on any atom is 0.0944 e. The number of aromatic nitrogens is 1. The van der Waals surface area contributed by atoms with Crippen LogP contribution in [-0.4, -0.2) is 23.7 Å². The van der Waals surface area contributed by atoms with Gasteiger partial charge in [0.05, 0.1) is 10.6 Å². The van der Waals surface area contributed by atoms with Crippen molar-refractivity contribution in [3.63, 3.8) is 0 Å². The molecule has 1 atom stereocenters. The molecule has 1 unspecified atom stereocenters. The molecule has 0 fully saturated rings. The molecule has 0 saturated carbocycles. The van der Waals surface area contributed by atoms with Crippen molar-refractivity contribution in [2.24, 2.45) is 5.84 Å². The Balaban J connectivity index is 2.55. The Labute approximate surface area is 101 Å². The summed E-state index contributed by atoms with van der Waals surface area (Å²) in [5.41, 5.74) is 3.74. The summed E-state index contributed by atoms with van der Waals surface area (Å²) in [5, 5.41) is 3.18. The number of ether oxygens (including phenoxy) is 1. The van der Waals surface area contributed by atoms with E-state index in [1.54, 1.807) is 18.4 Å². The zero-order chi connectivity index (χ0) is 12.2. The molecule has 1 heterocycles. The molecule has 0 bridgehead atoms. The normalized spacial score (nSPS) is 14.1. The first-order chi connectivity index (χ1) is 7.46. The van der Waals surface area contributed by atoms with Gasteiger partial charge in [-0.25, -0.2) is 4.98 Å². The first-order valence-corrected chi connectivity index (χ1v) is 6.27. The molecular formula is C11H21N3OS. The summed E-state index contributed by atoms with van der Waals surface area (Å²) in [6.07, 6.45) is 1.71. The third-order valence-electron chi connectivity index (χ3n) is 2.61. The standard InChI is InChI=1S/C11H21N3OS/c1-8-7-16-10(13-8)5-9(14-12)6-11(2,3)15-4/h7,9,14H,5-6,12H2,1-4H3. The van der Waals surface area contributed by atoms with Gasteiger partial charge in [-0.15, -0.1) is 11.3 Å². The Morgan fingerprint density at radius 2 is 2.31 bits per heavy atom. The molecule has 5 heteroatoms. The Kier molecular flexibility index (Phi) is 4.86. The summed E-state index contributed by atoms with van der Waals surface area (Å²) in [6, 6.07) is 0.195. The minimum atomic E-state index is -0.163. The van der Waals surface area contributed by atoms with E-state index in [-0.39, 0.29) is 11.6 Å². The van der Waals surface area contributed by atoms with Gasteiger partial charge in [0.25, 0.3) is 0 Å². The number of hydrogen-bond acceptors (Lipinski definition) is 5. The molecule has 3 N–H and O–H groups in total. The first kappa shape index (κ1) is 13.6. The summed E-state index contributed by atoms with van der Waals surface area (Å²) in [5.74, 6) is 5.56. The van der Waals surface area contributed by atoms with Gasteiger partial charge in [-0.1, -0.05) is 0 Å². The van der Waals surface area contributed by atoms with Crippen LogP contribution in [0.4, 0.5) is 0 Å². The minimum absolute atomic E-state index is 0.163. The Morgan fingerprint density at radius 1 is 1.62 bits per heavy atom. The van der Waals surface area contributed by atoms with Gasteiger partial charge >= 0.3 is 0 Å². The second-order valence-electron chi connectivity index (χ2n) is 4.62. The van der Waals surface area contributed by atoms with Gasteiger partial charge in [-0.3, -0.25) is 11.3 Å². The lowest BCUT2D eigenvalue weighted by Crippen LogP contribution is -2.42. The van der Waals surface area contributed by atoms with E-state index in [0.29, 0.717) is 0 Å². The summed E-state index contributed by atoms with van der Waals surface area (Å²) in [6.45, 7) is 6.12. The lowest BCUT2D eigenvalue weighted by atomic mass is 9.97. The number of nitrogens with one attached hydrogen (secondary N) is 1. The second-order valence-corrected chi connectivity index (χ2v) is 5.56. The van der Waals surface area contributed by atoms with Crippen LogP contribution in [0.2, 0.25) is 0 Å². The van der Waals surface area contributed by atoms with Gasteiger partial charge in [0, 0.05) is 30.6 Å². The monoisotopic (exact) mass is 243 g/mol. The fourth-order valence-corrected chi connectivity index (χ4v) is 2.43. The van der Waals surface area contributed by atoms with Gasteiger partial charge in [0.1, 0.15) is 0 Å². The predicted molar refractivity (Wildman–Crippen MR) is 67.4 cm³/mol. The largest absolute Gasteiger partial charge is 0.379 e. The third-order valence-corrected chi connectivity index (χ3v) is 3.60. The summed E-state index contributed by atoms with van der Waals surface area (Å²) < 4.78 is 5.40. The van der Waals surface area contributed by atoms with E-state index in [1.807, 2.05) is 6.92 Å². The highest BCUT2D eigenvalue weighted by Gasteiger charge is 2.23. The average Bonchev–Trinajstić information content (AvgIpc) is 2.63. The molecule has 0 radical (unpaired) electrons. The summed E-state index contributed by atoms with van der Waals surface area (Å²) >= 11 is 1.68. The van der Waals surface area contributed by atoms with Crippen LogP contribution >= 0.6 is 11.3 Å². The van der Waals surface area contributed by atoms with Gasteiger partial charge in [-0.05, 0) is 27.2 Å². The van der Waals surface area contributed by atoms with E-state index in [9.17, 15) is 0 Å². The number of hydrazine groups is 1. The number of nitrogens with zero attached hydrogens (tertiary/aromatic N) is 1. The first-order valence-electron chi connectivity index (χ1n) is 5.39. The molecule has 0 aliphatic rings. The van der Waals surface area contributed by atoms with Crippen molar-refractivity contribution in [1.29, 1.82) is 0 Å². The van der Waals surface area contributed by atoms with Crippen molar-refractivity contribution in [2.75, 3.05) is 7.11 Å². The van der Waals surface area contributed by atoms with Gasteiger partial charge in [0.2, 0.25) is 0 Å². The number of hydrogen-bond donors (Lipinski definition) is 2. The fourth-order valence-electron chi connectivity index (χ4n) is 1.57. The minimum Gasteiger partial charge on any atom is -0.379 e. The molecule has 1 rings (SSSR count). The molecule has 0 aromatic carbocycles. The van der Waals surface area contributed by atoms with E-state index in [1.165, 1.54) is 0 Å². The maximum absolute atomic E-state index is 5.56. The smallest absolute Gasteiger partial charge is 0.0944 e. The van der Waals surface area contributed by atoms with Crippen LogP contribution in [0.3, 0.4) is 0 Å². The molecule has 0 spiro atoms. The van der Waals surface area contributed by atoms with Gasteiger partial charge in [-0.2, -0.15) is 0 Å². The lowest BCUT2D eigenvalue weighted by molar-refractivity contribution is 0.00710. The predicted octanol–water partition coefficient (Wildman–Crippen LogP) is 1.64. The van der Waals surface area contributed by atoms with Crippen molar-refractivity contribution in [2.45, 2.75) is 45.3 Å². The topological polar surface area (TPSA) is 60.2 Å². The second kappa shape index (κ2) is 5.72. The highest BCUT2D eigenvalue weighted by molar-refractivity contribution is 7.09. The molecule has 1 aromatic heterocycles. The van der Waals surface area contributed by atoms with Gasteiger partial charge < -0.3 is 4.74 Å². The third kappa shape index (κ3) is 4.17. The van der Waals surface area contributed by atoms with Crippen LogP contribution in [0.5, 0.6) is 0 Å². The van der Waals surface area contributed by atoms with Crippen LogP contribution < -0.4 is 11.3 Å². The molecule has 1 aromatic rings. The van der Waals surface area contributed by atoms with E-state index in [4.69, 9.17) is 10.6 Å². The number of methoxy groups -OCH3 is 1. The van der Waals surface area contributed by atoms with Crippen LogP contribution in [0.1, 0.15) is 31.0 Å². The Morgan fingerprint density at radius 3 is 2.75 bits per heavy atom. The lowest BCUT2D eigenvalue weighted by Gasteiger charge is -2.27. The van der Waals surface area contributed by atoms with Crippen LogP contribution in [0.15, 0.2) is 5.38 Å². The quantitative estimate of drug-likeness (QED) is 0.589. The maximum atomic E-state index is 5.56. The molecule has 16 heavy (non-hydrogen) atoms. The Bertz CT molecular complexity index is 325. The molecule has 0 aliphatic carbocycles. The van der Waals surface area contributed by atoms with Crippen molar-refractivity contribution < 1.29 is 4.74 Å². The molecule has 4 nitrogen and oxygen atoms in total. The summed E-state index contributed by atoms with van der Waals surface area (Å²) in [4.78, 5) is 4.44. The van der Waals surface area contributed by atoms with E-state index < -0.39 is 0 Å². The molecule has 92 valence electrons. The van der Waals surface area contributed by atoms with Crippen molar-refractivity contribution in [1.82, 2.24) is 10.4 Å². The molecule has 0 saturated heterocycles. The zero-order valence-corrected chi connectivity index (χ0v) is 11.2. The fraction of sp³-hybridized carbons (Fsp3) is 0.727. The van der Waals surface area contributed by atoms with Crippen molar-refractivity contribution in [3.8, 4) is 0 Å². The number of thiazole rings is 1. The van der Waals surface area contributed by atoms with Gasteiger partial charge in [0.15, 0.2) is 0 Å². The SMILES string of the molecule is COC(C)(C)CC(Cc1nc(C)cs1)NN. The highest BCUT2D eigenvalue weighted by atomic mass is 32.1. The van der Waals surface area contributed by atoms with E-state index >= 15 is 0 Å². The zero-order valence-electron chi connectivity index (χ0n) is 10.4. The molecule has 0 amide bonds. The summed E-state index contributed by atoms with van der Waals surface area (Å²) in [7, 11) is 1.72.